The topological polar surface area (TPSA) is 107 Å². The number of halogens is 2. The van der Waals surface area contributed by atoms with Crippen LogP contribution in [0.2, 0.25) is 0 Å². The van der Waals surface area contributed by atoms with E-state index < -0.39 is 75.7 Å². The maximum absolute atomic E-state index is 17.7. The van der Waals surface area contributed by atoms with Crippen molar-refractivity contribution in [1.29, 1.82) is 0 Å². The van der Waals surface area contributed by atoms with Crippen molar-refractivity contribution in [2.24, 2.45) is 28.6 Å². The molecule has 0 unspecified atom stereocenters. The molecule has 41 heavy (non-hydrogen) atoms. The zero-order valence-electron chi connectivity index (χ0n) is 23.7. The van der Waals surface area contributed by atoms with Crippen molar-refractivity contribution in [2.45, 2.75) is 76.1 Å². The Morgan fingerprint density at radius 2 is 1.85 bits per heavy atom. The minimum Gasteiger partial charge on any atom is -0.457 e. The number of esters is 2. The second-order valence-electron chi connectivity index (χ2n) is 12.4. The molecule has 3 saturated carbocycles. The smallest absolute Gasteiger partial charge is 0.339 e. The monoisotopic (exact) mass is 586 g/mol. The highest BCUT2D eigenvalue weighted by Crippen LogP contribution is 2.72. The van der Waals surface area contributed by atoms with E-state index in [-0.39, 0.29) is 37.0 Å². The zero-order chi connectivity index (χ0) is 30.0. The number of carbonyl (C=O) groups is 4. The molecule has 220 valence electrons. The lowest BCUT2D eigenvalue weighted by atomic mass is 9.44. The van der Waals surface area contributed by atoms with E-state index in [1.807, 2.05) is 0 Å². The molecule has 0 heterocycles. The van der Waals surface area contributed by atoms with Crippen molar-refractivity contribution in [3.8, 4) is 0 Å². The summed E-state index contributed by atoms with van der Waals surface area (Å²) in [6.07, 6.45) is 3.03. The highest BCUT2D eigenvalue weighted by atomic mass is 35.5. The predicted molar refractivity (Wildman–Crippen MR) is 149 cm³/mol. The van der Waals surface area contributed by atoms with Crippen molar-refractivity contribution >= 4 is 35.1 Å². The first kappa shape index (κ1) is 29.6. The van der Waals surface area contributed by atoms with Gasteiger partial charge in [-0.1, -0.05) is 50.6 Å². The fourth-order valence-electron chi connectivity index (χ4n) is 8.47. The van der Waals surface area contributed by atoms with Gasteiger partial charge in [0.15, 0.2) is 23.7 Å². The van der Waals surface area contributed by atoms with Crippen LogP contribution in [-0.2, 0) is 23.9 Å². The summed E-state index contributed by atoms with van der Waals surface area (Å²) in [7, 11) is 0. The first-order valence-electron chi connectivity index (χ1n) is 14.2. The van der Waals surface area contributed by atoms with Gasteiger partial charge >= 0.3 is 11.9 Å². The summed E-state index contributed by atoms with van der Waals surface area (Å²) in [6.45, 7) is 6.18. The van der Waals surface area contributed by atoms with Crippen LogP contribution < -0.4 is 0 Å². The standard InChI is InChI=1S/C32H36ClFO7/c1-5-26(38)40-17-25(37)32(41-28(39)19-9-7-6-8-10-19)18(2)13-22-27-23(33)15-20-14-21(35)11-12-29(20,3)31(27,34)24(36)16-30(22,32)4/h6-12,14,18,22-24,27,36H,5,13,15-17H2,1-4H3/t18-,22+,23-,24+,27-,29+,30+,31-,32-/m1/s1. The molecule has 4 aliphatic rings. The molecular weight excluding hydrogens is 551 g/mol. The number of benzene rings is 1. The quantitative estimate of drug-likeness (QED) is 0.372. The Bertz CT molecular complexity index is 1340. The summed E-state index contributed by atoms with van der Waals surface area (Å²) in [6, 6.07) is 8.23. The van der Waals surface area contributed by atoms with Crippen molar-refractivity contribution in [2.75, 3.05) is 6.61 Å². The summed E-state index contributed by atoms with van der Waals surface area (Å²) in [5, 5.41) is 11.0. The predicted octanol–water partition coefficient (Wildman–Crippen LogP) is 4.94. The molecule has 0 aromatic heterocycles. The minimum atomic E-state index is -2.25. The average molecular weight is 587 g/mol. The highest BCUT2D eigenvalue weighted by molar-refractivity contribution is 6.21. The molecule has 9 heteroatoms. The van der Waals surface area contributed by atoms with Gasteiger partial charge < -0.3 is 14.6 Å². The Balaban J connectivity index is 1.63. The third kappa shape index (κ3) is 4.08. The first-order chi connectivity index (χ1) is 19.3. The number of aliphatic hydroxyl groups excluding tert-OH is 1. The van der Waals surface area contributed by atoms with E-state index in [4.69, 9.17) is 21.1 Å². The van der Waals surface area contributed by atoms with E-state index in [9.17, 15) is 24.3 Å². The molecule has 4 aliphatic carbocycles. The third-order valence-corrected chi connectivity index (χ3v) is 10.9. The Morgan fingerprint density at radius 3 is 2.51 bits per heavy atom. The second kappa shape index (κ2) is 10.2. The number of carbonyl (C=O) groups excluding carboxylic acids is 4. The Hall–Kier alpha value is -2.84. The van der Waals surface area contributed by atoms with Crippen molar-refractivity contribution in [3.05, 3.63) is 59.7 Å². The fourth-order valence-corrected chi connectivity index (χ4v) is 9.00. The number of hydrogen-bond donors (Lipinski definition) is 1. The first-order valence-corrected chi connectivity index (χ1v) is 14.6. The molecule has 1 aromatic carbocycles. The minimum absolute atomic E-state index is 0.0586. The Labute approximate surface area is 244 Å². The van der Waals surface area contributed by atoms with E-state index in [2.05, 4.69) is 0 Å². The highest BCUT2D eigenvalue weighted by Gasteiger charge is 2.78. The molecule has 0 radical (unpaired) electrons. The number of ketones is 2. The van der Waals surface area contributed by atoms with Gasteiger partial charge in [-0.3, -0.25) is 14.4 Å². The molecule has 7 nitrogen and oxygen atoms in total. The Morgan fingerprint density at radius 1 is 1.17 bits per heavy atom. The lowest BCUT2D eigenvalue weighted by Crippen LogP contribution is -2.72. The van der Waals surface area contributed by atoms with Crippen LogP contribution >= 0.6 is 11.6 Å². The molecule has 0 bridgehead atoms. The molecule has 0 amide bonds. The largest absolute Gasteiger partial charge is 0.457 e. The van der Waals surface area contributed by atoms with Crippen molar-refractivity contribution < 1.29 is 38.1 Å². The number of fused-ring (bicyclic) bond motifs is 5. The van der Waals surface area contributed by atoms with Gasteiger partial charge in [-0.25, -0.2) is 9.18 Å². The van der Waals surface area contributed by atoms with Crippen LogP contribution in [0, 0.1) is 28.6 Å². The van der Waals surface area contributed by atoms with E-state index in [1.165, 1.54) is 18.2 Å². The third-order valence-electron chi connectivity index (χ3n) is 10.5. The maximum atomic E-state index is 17.7. The van der Waals surface area contributed by atoms with E-state index in [0.29, 0.717) is 5.57 Å². The molecule has 0 spiro atoms. The van der Waals surface area contributed by atoms with Crippen LogP contribution in [-0.4, -0.2) is 58.0 Å². The normalized spacial score (nSPS) is 41.0. The summed E-state index contributed by atoms with van der Waals surface area (Å²) in [5.41, 5.74) is -5.84. The fraction of sp³-hybridized carbons (Fsp3) is 0.562. The van der Waals surface area contributed by atoms with Crippen LogP contribution in [0.5, 0.6) is 0 Å². The zero-order valence-corrected chi connectivity index (χ0v) is 24.4. The van der Waals surface area contributed by atoms with E-state index in [1.54, 1.807) is 58.0 Å². The molecular formula is C32H36ClFO7. The second-order valence-corrected chi connectivity index (χ2v) is 13.0. The summed E-state index contributed by atoms with van der Waals surface area (Å²) in [4.78, 5) is 51.9. The van der Waals surface area contributed by atoms with Gasteiger partial charge in [0.25, 0.3) is 0 Å². The van der Waals surface area contributed by atoms with E-state index in [0.717, 1.165) is 0 Å². The van der Waals surface area contributed by atoms with Gasteiger partial charge in [0.2, 0.25) is 5.78 Å². The number of rotatable bonds is 6. The summed E-state index contributed by atoms with van der Waals surface area (Å²) >= 11 is 6.96. The number of ether oxygens (including phenoxy) is 2. The molecule has 5 rings (SSSR count). The van der Waals surface area contributed by atoms with Gasteiger partial charge in [-0.2, -0.15) is 0 Å². The number of aliphatic hydroxyl groups is 1. The molecule has 0 saturated heterocycles. The van der Waals surface area contributed by atoms with Gasteiger partial charge in [0.05, 0.1) is 11.7 Å². The number of alkyl halides is 2. The van der Waals surface area contributed by atoms with Crippen LogP contribution in [0.1, 0.15) is 63.7 Å². The lowest BCUT2D eigenvalue weighted by molar-refractivity contribution is -0.219. The molecule has 9 atom stereocenters. The summed E-state index contributed by atoms with van der Waals surface area (Å²) < 4.78 is 29.2. The van der Waals surface area contributed by atoms with Crippen LogP contribution in [0.15, 0.2) is 54.1 Å². The van der Waals surface area contributed by atoms with Crippen LogP contribution in [0.3, 0.4) is 0 Å². The maximum Gasteiger partial charge on any atom is 0.339 e. The average Bonchev–Trinajstić information content (AvgIpc) is 3.15. The molecule has 1 N–H and O–H groups in total. The van der Waals surface area contributed by atoms with Crippen LogP contribution in [0.25, 0.3) is 0 Å². The molecule has 3 fully saturated rings. The van der Waals surface area contributed by atoms with Gasteiger partial charge in [0.1, 0.15) is 0 Å². The Kier molecular flexibility index (Phi) is 7.35. The van der Waals surface area contributed by atoms with Crippen LogP contribution in [0.4, 0.5) is 4.39 Å². The van der Waals surface area contributed by atoms with Gasteiger partial charge in [-0.15, -0.1) is 11.6 Å². The molecule has 1 aromatic rings. The summed E-state index contributed by atoms with van der Waals surface area (Å²) in [5.74, 6) is -4.30. The van der Waals surface area contributed by atoms with Crippen molar-refractivity contribution in [3.63, 3.8) is 0 Å². The number of allylic oxidation sites excluding steroid dienone is 4. The molecule has 0 aliphatic heterocycles. The van der Waals surface area contributed by atoms with Crippen molar-refractivity contribution in [1.82, 2.24) is 0 Å². The van der Waals surface area contributed by atoms with Gasteiger partial charge in [-0.05, 0) is 56.4 Å². The SMILES string of the molecule is CCC(=O)OCC(=O)[C@]1(OC(=O)c2ccccc2)[C@H](C)C[C@H]2[C@@H]3[C@H](Cl)CC4=CC(=O)C=C[C@]4(C)[C@@]3(F)[C@@H](O)C[C@@]21C. The number of hydrogen-bond acceptors (Lipinski definition) is 7. The van der Waals surface area contributed by atoms with E-state index >= 15 is 4.39 Å². The van der Waals surface area contributed by atoms with Gasteiger partial charge in [0, 0.05) is 34.5 Å². The lowest BCUT2D eigenvalue weighted by Gasteiger charge is -2.63. The number of Topliss-reactive ketones (excluding diaryl/α,β-unsaturated/α-hetero) is 1.